The molecule has 0 saturated heterocycles. The Morgan fingerprint density at radius 1 is 1.56 bits per heavy atom. The Bertz CT molecular complexity index is 537. The molecule has 4 nitrogen and oxygen atoms in total. The van der Waals surface area contributed by atoms with Crippen molar-refractivity contribution >= 4 is 27.3 Å². The van der Waals surface area contributed by atoms with Crippen LogP contribution in [0.25, 0.3) is 10.6 Å². The number of nitrogens with one attached hydrogen (secondary N) is 1. The molecule has 0 amide bonds. The van der Waals surface area contributed by atoms with E-state index in [0.29, 0.717) is 0 Å². The molecule has 0 aromatic carbocycles. The van der Waals surface area contributed by atoms with E-state index < -0.39 is 0 Å². The highest BCUT2D eigenvalue weighted by Crippen LogP contribution is 2.31. The van der Waals surface area contributed by atoms with Crippen molar-refractivity contribution in [3.8, 4) is 10.6 Å². The number of alkyl halides is 1. The number of halogens is 1. The minimum absolute atomic E-state index is 0.125. The van der Waals surface area contributed by atoms with Gasteiger partial charge in [0.15, 0.2) is 0 Å². The molecule has 16 heavy (non-hydrogen) atoms. The molecule has 0 aliphatic carbocycles. The van der Waals surface area contributed by atoms with Gasteiger partial charge in [-0.25, -0.2) is 0 Å². The Balaban J connectivity index is 2.35. The molecular formula is C10H10BrN3OS. The maximum absolute atomic E-state index is 11.2. The van der Waals surface area contributed by atoms with E-state index in [1.54, 1.807) is 6.20 Å². The maximum Gasteiger partial charge on any atom is 0.248 e. The Labute approximate surface area is 105 Å². The molecule has 0 radical (unpaired) electrons. The molecule has 2 heterocycles. The maximum atomic E-state index is 11.2. The van der Waals surface area contributed by atoms with Crippen LogP contribution in [0, 0.1) is 0 Å². The van der Waals surface area contributed by atoms with Crippen LogP contribution in [0.3, 0.4) is 0 Å². The number of aromatic nitrogens is 3. The van der Waals surface area contributed by atoms with Gasteiger partial charge in [-0.1, -0.05) is 34.2 Å². The summed E-state index contributed by atoms with van der Waals surface area (Å²) in [5, 5.41) is 9.90. The fourth-order valence-corrected chi connectivity index (χ4v) is 2.50. The molecule has 1 unspecified atom stereocenters. The quantitative estimate of drug-likeness (QED) is 0.887. The van der Waals surface area contributed by atoms with Crippen LogP contribution in [-0.4, -0.2) is 15.2 Å². The number of hydrogen-bond acceptors (Lipinski definition) is 4. The second kappa shape index (κ2) is 4.88. The second-order valence-electron chi connectivity index (χ2n) is 3.26. The summed E-state index contributed by atoms with van der Waals surface area (Å²) < 4.78 is 0. The average molecular weight is 300 g/mol. The van der Waals surface area contributed by atoms with Crippen molar-refractivity contribution in [3.05, 3.63) is 33.7 Å². The molecule has 0 bridgehead atoms. The third-order valence-corrected chi connectivity index (χ3v) is 4.56. The summed E-state index contributed by atoms with van der Waals surface area (Å²) in [5.74, 6) is 0. The van der Waals surface area contributed by atoms with Gasteiger partial charge < -0.3 is 4.98 Å². The Morgan fingerprint density at radius 3 is 3.06 bits per heavy atom. The summed E-state index contributed by atoms with van der Waals surface area (Å²) in [6, 6.07) is 3.35. The van der Waals surface area contributed by atoms with Crippen molar-refractivity contribution in [1.29, 1.82) is 0 Å². The van der Waals surface area contributed by atoms with Crippen LogP contribution < -0.4 is 5.56 Å². The van der Waals surface area contributed by atoms with E-state index in [4.69, 9.17) is 0 Å². The van der Waals surface area contributed by atoms with Crippen LogP contribution >= 0.6 is 27.3 Å². The smallest absolute Gasteiger partial charge is 0.248 e. The number of aromatic amines is 1. The summed E-state index contributed by atoms with van der Waals surface area (Å²) in [5.41, 5.74) is 0.684. The monoisotopic (exact) mass is 299 g/mol. The molecule has 6 heteroatoms. The molecule has 0 aliphatic heterocycles. The van der Waals surface area contributed by atoms with Crippen LogP contribution in [0.4, 0.5) is 0 Å². The van der Waals surface area contributed by atoms with Crippen molar-refractivity contribution in [3.63, 3.8) is 0 Å². The zero-order valence-corrected chi connectivity index (χ0v) is 11.0. The first-order valence-electron chi connectivity index (χ1n) is 4.87. The number of nitrogens with zero attached hydrogens (tertiary/aromatic N) is 2. The standard InChI is InChI=1S/C10H10BrN3OS/c1-2-7(11)10-14-13-9(16-10)6-3-4-12-8(15)5-6/h3-5,7H,2H2,1H3,(H,12,15). The van der Waals surface area contributed by atoms with Crippen molar-refractivity contribution in [2.24, 2.45) is 0 Å². The summed E-state index contributed by atoms with van der Waals surface area (Å²) >= 11 is 5.03. The van der Waals surface area contributed by atoms with Crippen LogP contribution in [0.5, 0.6) is 0 Å². The van der Waals surface area contributed by atoms with E-state index in [1.807, 2.05) is 6.07 Å². The molecule has 0 aliphatic rings. The van der Waals surface area contributed by atoms with Crippen LogP contribution in [-0.2, 0) is 0 Å². The van der Waals surface area contributed by atoms with E-state index in [9.17, 15) is 4.79 Å². The molecule has 84 valence electrons. The van der Waals surface area contributed by atoms with E-state index in [0.717, 1.165) is 22.0 Å². The average Bonchev–Trinajstić information content (AvgIpc) is 2.77. The number of hydrogen-bond donors (Lipinski definition) is 1. The lowest BCUT2D eigenvalue weighted by Gasteiger charge is -1.98. The Hall–Kier alpha value is -1.01. The van der Waals surface area contributed by atoms with E-state index in [1.165, 1.54) is 17.4 Å². The van der Waals surface area contributed by atoms with Crippen molar-refractivity contribution in [1.82, 2.24) is 15.2 Å². The van der Waals surface area contributed by atoms with Gasteiger partial charge in [0.25, 0.3) is 0 Å². The van der Waals surface area contributed by atoms with Gasteiger partial charge in [0.05, 0.1) is 4.83 Å². The van der Waals surface area contributed by atoms with Gasteiger partial charge in [-0.05, 0) is 12.5 Å². The topological polar surface area (TPSA) is 58.6 Å². The Kier molecular flexibility index (Phi) is 3.50. The lowest BCUT2D eigenvalue weighted by molar-refractivity contribution is 0.870. The zero-order valence-electron chi connectivity index (χ0n) is 8.61. The van der Waals surface area contributed by atoms with Crippen LogP contribution in [0.15, 0.2) is 23.1 Å². The number of H-pyrrole nitrogens is 1. The summed E-state index contributed by atoms with van der Waals surface area (Å²) in [6.45, 7) is 2.08. The molecule has 2 rings (SSSR count). The molecule has 0 saturated carbocycles. The summed E-state index contributed by atoms with van der Waals surface area (Å²) in [7, 11) is 0. The van der Waals surface area contributed by atoms with Gasteiger partial charge in [0.1, 0.15) is 10.0 Å². The highest BCUT2D eigenvalue weighted by Gasteiger charge is 2.12. The summed E-state index contributed by atoms with van der Waals surface area (Å²) in [6.07, 6.45) is 2.58. The lowest BCUT2D eigenvalue weighted by atomic mass is 10.3. The molecular weight excluding hydrogens is 290 g/mol. The lowest BCUT2D eigenvalue weighted by Crippen LogP contribution is -2.01. The number of rotatable bonds is 3. The van der Waals surface area contributed by atoms with Gasteiger partial charge >= 0.3 is 0 Å². The predicted octanol–water partition coefficient (Wildman–Crippen LogP) is 2.74. The SMILES string of the molecule is CCC(Br)c1nnc(-c2cc[nH]c(=O)c2)s1. The van der Waals surface area contributed by atoms with Crippen LogP contribution in [0.1, 0.15) is 23.2 Å². The zero-order chi connectivity index (χ0) is 11.5. The molecule has 2 aromatic heterocycles. The first kappa shape index (κ1) is 11.5. The largest absolute Gasteiger partial charge is 0.329 e. The van der Waals surface area contributed by atoms with Crippen LogP contribution in [0.2, 0.25) is 0 Å². The second-order valence-corrected chi connectivity index (χ2v) is 5.38. The molecule has 0 fully saturated rings. The third kappa shape index (κ3) is 2.38. The van der Waals surface area contributed by atoms with Gasteiger partial charge in [-0.2, -0.15) is 0 Å². The van der Waals surface area contributed by atoms with Crippen molar-refractivity contribution in [2.45, 2.75) is 18.2 Å². The molecule has 1 N–H and O–H groups in total. The highest BCUT2D eigenvalue weighted by molar-refractivity contribution is 9.09. The minimum Gasteiger partial charge on any atom is -0.329 e. The predicted molar refractivity (Wildman–Crippen MR) is 67.9 cm³/mol. The van der Waals surface area contributed by atoms with E-state index in [2.05, 4.69) is 38.0 Å². The fraction of sp³-hybridized carbons (Fsp3) is 0.300. The van der Waals surface area contributed by atoms with Gasteiger partial charge in [0, 0.05) is 17.8 Å². The molecule has 1 atom stereocenters. The normalized spacial score (nSPS) is 12.6. The summed E-state index contributed by atoms with van der Waals surface area (Å²) in [4.78, 5) is 14.0. The van der Waals surface area contributed by atoms with Crippen molar-refractivity contribution in [2.75, 3.05) is 0 Å². The van der Waals surface area contributed by atoms with Gasteiger partial charge in [0.2, 0.25) is 5.56 Å². The third-order valence-electron chi connectivity index (χ3n) is 2.09. The number of pyridine rings is 1. The first-order chi connectivity index (χ1) is 7.70. The highest BCUT2D eigenvalue weighted by atomic mass is 79.9. The Morgan fingerprint density at radius 2 is 2.38 bits per heavy atom. The van der Waals surface area contributed by atoms with Gasteiger partial charge in [-0.15, -0.1) is 10.2 Å². The van der Waals surface area contributed by atoms with Crippen molar-refractivity contribution < 1.29 is 0 Å². The van der Waals surface area contributed by atoms with E-state index >= 15 is 0 Å². The first-order valence-corrected chi connectivity index (χ1v) is 6.60. The molecule has 2 aromatic rings. The van der Waals surface area contributed by atoms with Gasteiger partial charge in [-0.3, -0.25) is 4.79 Å². The minimum atomic E-state index is -0.125. The fourth-order valence-electron chi connectivity index (χ4n) is 1.23. The van der Waals surface area contributed by atoms with E-state index in [-0.39, 0.29) is 10.4 Å². The molecule has 0 spiro atoms.